The van der Waals surface area contributed by atoms with Gasteiger partial charge in [0.15, 0.2) is 17.5 Å². The maximum absolute atomic E-state index is 13.7. The van der Waals surface area contributed by atoms with Crippen molar-refractivity contribution in [2.75, 3.05) is 6.61 Å². The zero-order valence-electron chi connectivity index (χ0n) is 14.8. The molecule has 0 radical (unpaired) electrons. The molecule has 1 aromatic carbocycles. The van der Waals surface area contributed by atoms with E-state index in [0.29, 0.717) is 12.3 Å². The number of phosphoric acid groups is 1. The van der Waals surface area contributed by atoms with Gasteiger partial charge in [-0.2, -0.15) is 4.39 Å². The van der Waals surface area contributed by atoms with Gasteiger partial charge in [-0.1, -0.05) is 6.07 Å². The molecule has 0 spiro atoms. The SMILES string of the molecule is O=c1[nH]c(=O)n([C@H]2C[C@@H]3OP(=O)(OCc4ccc(F)c(F)c4F)OC[C@H]3O2)cc1F. The van der Waals surface area contributed by atoms with Crippen molar-refractivity contribution in [2.45, 2.75) is 31.5 Å². The zero-order chi connectivity index (χ0) is 21.6. The molecule has 1 N–H and O–H groups in total. The van der Waals surface area contributed by atoms with Gasteiger partial charge in [-0.25, -0.2) is 22.5 Å². The molecule has 30 heavy (non-hydrogen) atoms. The standard InChI is InChI=1S/C16H13F4N2O7P/c17-8-2-1-7(13(19)14(8)20)5-26-30(25)27-6-11-10(29-30)3-12(28-11)22-4-9(18)15(23)21-16(22)24/h1-2,4,10-12H,3,5-6H2,(H,21,23,24)/t10-,11+,12+,30?/m0/s1. The number of hydrogen-bond acceptors (Lipinski definition) is 7. The molecule has 14 heteroatoms. The molecule has 2 aliphatic heterocycles. The molecule has 0 amide bonds. The Bertz CT molecular complexity index is 1150. The minimum atomic E-state index is -4.23. The number of rotatable bonds is 4. The van der Waals surface area contributed by atoms with Crippen LogP contribution in [0.15, 0.2) is 27.9 Å². The molecule has 162 valence electrons. The number of fused-ring (bicyclic) bond motifs is 1. The molecule has 2 aromatic rings. The lowest BCUT2D eigenvalue weighted by atomic mass is 10.2. The van der Waals surface area contributed by atoms with Crippen LogP contribution < -0.4 is 11.2 Å². The minimum Gasteiger partial charge on any atom is -0.349 e. The molecule has 2 saturated heterocycles. The van der Waals surface area contributed by atoms with E-state index in [1.165, 1.54) is 0 Å². The molecule has 3 heterocycles. The van der Waals surface area contributed by atoms with E-state index in [0.717, 1.165) is 10.6 Å². The second kappa shape index (κ2) is 7.75. The van der Waals surface area contributed by atoms with Crippen LogP contribution in [0.4, 0.5) is 17.6 Å². The summed E-state index contributed by atoms with van der Waals surface area (Å²) < 4.78 is 87.7. The molecule has 4 atom stereocenters. The predicted molar refractivity (Wildman–Crippen MR) is 89.3 cm³/mol. The van der Waals surface area contributed by atoms with Crippen molar-refractivity contribution in [1.82, 2.24) is 9.55 Å². The van der Waals surface area contributed by atoms with Gasteiger partial charge in [0.1, 0.15) is 18.4 Å². The first-order valence-corrected chi connectivity index (χ1v) is 9.99. The topological polar surface area (TPSA) is 109 Å². The highest BCUT2D eigenvalue weighted by Gasteiger charge is 2.48. The van der Waals surface area contributed by atoms with Gasteiger partial charge in [0, 0.05) is 12.0 Å². The number of nitrogens with zero attached hydrogens (tertiary/aromatic N) is 1. The zero-order valence-corrected chi connectivity index (χ0v) is 15.7. The van der Waals surface area contributed by atoms with E-state index in [-0.39, 0.29) is 13.0 Å². The molecule has 0 aliphatic carbocycles. The van der Waals surface area contributed by atoms with Gasteiger partial charge >= 0.3 is 13.5 Å². The molecule has 9 nitrogen and oxygen atoms in total. The smallest absolute Gasteiger partial charge is 0.349 e. The molecular weight excluding hydrogens is 439 g/mol. The lowest BCUT2D eigenvalue weighted by Crippen LogP contribution is -2.34. The average Bonchev–Trinajstić information content (AvgIpc) is 3.11. The second-order valence-corrected chi connectivity index (χ2v) is 8.12. The van der Waals surface area contributed by atoms with Crippen LogP contribution in [0.1, 0.15) is 18.2 Å². The van der Waals surface area contributed by atoms with Gasteiger partial charge in [-0.05, 0) is 6.07 Å². The maximum atomic E-state index is 13.7. The number of halogens is 4. The van der Waals surface area contributed by atoms with Gasteiger partial charge in [0.25, 0.3) is 5.56 Å². The summed E-state index contributed by atoms with van der Waals surface area (Å²) in [6.45, 7) is -1.02. The van der Waals surface area contributed by atoms with Crippen molar-refractivity contribution < 1.29 is 40.4 Å². The molecule has 0 saturated carbocycles. The molecule has 1 unspecified atom stereocenters. The van der Waals surface area contributed by atoms with Crippen molar-refractivity contribution in [2.24, 2.45) is 0 Å². The fourth-order valence-corrected chi connectivity index (χ4v) is 4.44. The Morgan fingerprint density at radius 3 is 2.67 bits per heavy atom. The van der Waals surface area contributed by atoms with Gasteiger partial charge in [-0.3, -0.25) is 27.9 Å². The predicted octanol–water partition coefficient (Wildman–Crippen LogP) is 2.12. The number of aromatic nitrogens is 2. The number of aromatic amines is 1. The molecular formula is C16H13F4N2O7P. The first-order chi connectivity index (χ1) is 14.2. The quantitative estimate of drug-likeness (QED) is 0.430. The van der Waals surface area contributed by atoms with Crippen LogP contribution in [0.2, 0.25) is 0 Å². The van der Waals surface area contributed by atoms with E-state index in [2.05, 4.69) is 0 Å². The van der Waals surface area contributed by atoms with Crippen molar-refractivity contribution in [3.63, 3.8) is 0 Å². The summed E-state index contributed by atoms with van der Waals surface area (Å²) in [6.07, 6.45) is -2.12. The third kappa shape index (κ3) is 3.86. The summed E-state index contributed by atoms with van der Waals surface area (Å²) in [5.41, 5.74) is -2.51. The number of benzene rings is 1. The molecule has 2 fully saturated rings. The lowest BCUT2D eigenvalue weighted by Gasteiger charge is -2.29. The van der Waals surface area contributed by atoms with E-state index >= 15 is 0 Å². The largest absolute Gasteiger partial charge is 0.475 e. The highest BCUT2D eigenvalue weighted by atomic mass is 31.2. The van der Waals surface area contributed by atoms with Crippen LogP contribution in [0.5, 0.6) is 0 Å². The van der Waals surface area contributed by atoms with Crippen LogP contribution >= 0.6 is 7.82 Å². The third-order valence-corrected chi connectivity index (χ3v) is 6.01. The number of nitrogens with one attached hydrogen (secondary N) is 1. The van der Waals surface area contributed by atoms with Crippen molar-refractivity contribution in [3.05, 3.63) is 68.0 Å². The Kier molecular flexibility index (Phi) is 5.41. The van der Waals surface area contributed by atoms with Crippen LogP contribution in [0.3, 0.4) is 0 Å². The van der Waals surface area contributed by atoms with E-state index in [9.17, 15) is 31.7 Å². The lowest BCUT2D eigenvalue weighted by molar-refractivity contribution is -0.0732. The first kappa shape index (κ1) is 20.9. The second-order valence-electron chi connectivity index (χ2n) is 6.50. The number of H-pyrrole nitrogens is 1. The Labute approximate surface area is 164 Å². The molecule has 1 aromatic heterocycles. The summed E-state index contributed by atoms with van der Waals surface area (Å²) in [4.78, 5) is 24.8. The number of ether oxygens (including phenoxy) is 1. The van der Waals surface area contributed by atoms with Crippen LogP contribution in [0, 0.1) is 23.3 Å². The van der Waals surface area contributed by atoms with Gasteiger partial charge in [-0.15, -0.1) is 0 Å². The normalized spacial score (nSPS) is 28.5. The Morgan fingerprint density at radius 2 is 1.90 bits per heavy atom. The average molecular weight is 452 g/mol. The fraction of sp³-hybridized carbons (Fsp3) is 0.375. The van der Waals surface area contributed by atoms with Crippen LogP contribution in [-0.4, -0.2) is 28.4 Å². The Balaban J connectivity index is 1.45. The summed E-state index contributed by atoms with van der Waals surface area (Å²) in [5.74, 6) is -5.79. The third-order valence-electron chi connectivity index (χ3n) is 4.57. The summed E-state index contributed by atoms with van der Waals surface area (Å²) >= 11 is 0. The molecule has 0 bridgehead atoms. The maximum Gasteiger partial charge on any atom is 0.475 e. The van der Waals surface area contributed by atoms with Gasteiger partial charge < -0.3 is 4.74 Å². The number of hydrogen-bond donors (Lipinski definition) is 1. The molecule has 2 aliphatic rings. The highest BCUT2D eigenvalue weighted by Crippen LogP contribution is 2.57. The number of phosphoric ester groups is 1. The fourth-order valence-electron chi connectivity index (χ4n) is 3.06. The van der Waals surface area contributed by atoms with Crippen LogP contribution in [-0.2, 0) is 29.5 Å². The first-order valence-electron chi connectivity index (χ1n) is 8.53. The summed E-state index contributed by atoms with van der Waals surface area (Å²) in [6, 6.07) is 1.60. The van der Waals surface area contributed by atoms with E-state index in [1.54, 1.807) is 4.98 Å². The van der Waals surface area contributed by atoms with E-state index < -0.39 is 72.9 Å². The Morgan fingerprint density at radius 1 is 1.13 bits per heavy atom. The van der Waals surface area contributed by atoms with Crippen molar-refractivity contribution in [1.29, 1.82) is 0 Å². The van der Waals surface area contributed by atoms with Crippen LogP contribution in [0.25, 0.3) is 0 Å². The van der Waals surface area contributed by atoms with E-state index in [1.807, 2.05) is 0 Å². The van der Waals surface area contributed by atoms with Crippen molar-refractivity contribution >= 4 is 7.82 Å². The van der Waals surface area contributed by atoms with Crippen molar-refractivity contribution in [3.8, 4) is 0 Å². The minimum absolute atomic E-state index is 0.0632. The highest BCUT2D eigenvalue weighted by molar-refractivity contribution is 7.48. The van der Waals surface area contributed by atoms with E-state index in [4.69, 9.17) is 18.3 Å². The summed E-state index contributed by atoms with van der Waals surface area (Å²) in [5, 5.41) is 0. The Hall–Kier alpha value is -2.31. The summed E-state index contributed by atoms with van der Waals surface area (Å²) in [7, 11) is -4.23. The van der Waals surface area contributed by atoms with Gasteiger partial charge in [0.05, 0.1) is 19.4 Å². The monoisotopic (exact) mass is 452 g/mol. The van der Waals surface area contributed by atoms with Gasteiger partial charge in [0.2, 0.25) is 5.82 Å². The molecule has 4 rings (SSSR count).